The Balaban J connectivity index is 0.00000272. The average Bonchev–Trinajstić information content (AvgIpc) is 3.05. The first-order chi connectivity index (χ1) is 14.5. The maximum Gasteiger partial charge on any atom is 0.259 e. The third-order valence-corrected chi connectivity index (χ3v) is 6.35. The Kier molecular flexibility index (Phi) is 7.50. The zero-order valence-corrected chi connectivity index (χ0v) is 19.8. The van der Waals surface area contributed by atoms with Gasteiger partial charge in [0.05, 0.1) is 13.7 Å². The molecular formula is C25H33ClN2O3. The van der Waals surface area contributed by atoms with Crippen LogP contribution in [0.25, 0.3) is 0 Å². The molecule has 2 aromatic rings. The minimum absolute atomic E-state index is 0. The Hall–Kier alpha value is -2.24. The molecule has 1 fully saturated rings. The highest BCUT2D eigenvalue weighted by atomic mass is 35.5. The van der Waals surface area contributed by atoms with Crippen LogP contribution in [0.1, 0.15) is 46.8 Å². The summed E-state index contributed by atoms with van der Waals surface area (Å²) < 4.78 is 11.6. The minimum atomic E-state index is 0. The van der Waals surface area contributed by atoms with Crippen LogP contribution in [0.2, 0.25) is 0 Å². The fourth-order valence-corrected chi connectivity index (χ4v) is 4.59. The van der Waals surface area contributed by atoms with Gasteiger partial charge in [0.25, 0.3) is 5.91 Å². The van der Waals surface area contributed by atoms with Crippen molar-refractivity contribution >= 4 is 24.0 Å². The highest BCUT2D eigenvalue weighted by Crippen LogP contribution is 2.36. The number of methoxy groups -OCH3 is 1. The van der Waals surface area contributed by atoms with Gasteiger partial charge in [0.2, 0.25) is 0 Å². The average molecular weight is 445 g/mol. The first kappa shape index (κ1) is 23.4. The van der Waals surface area contributed by atoms with Crippen molar-refractivity contribution < 1.29 is 14.3 Å². The molecule has 1 saturated heterocycles. The molecule has 168 valence electrons. The Morgan fingerprint density at radius 1 is 1.06 bits per heavy atom. The third kappa shape index (κ3) is 4.99. The second-order valence-electron chi connectivity index (χ2n) is 8.72. The van der Waals surface area contributed by atoms with Crippen LogP contribution in [0.5, 0.6) is 11.5 Å². The van der Waals surface area contributed by atoms with Gasteiger partial charge in [-0.25, -0.2) is 0 Å². The van der Waals surface area contributed by atoms with Gasteiger partial charge in [0.1, 0.15) is 6.61 Å². The van der Waals surface area contributed by atoms with E-state index in [-0.39, 0.29) is 18.3 Å². The molecule has 0 aliphatic carbocycles. The lowest BCUT2D eigenvalue weighted by Gasteiger charge is -2.30. The van der Waals surface area contributed by atoms with Crippen LogP contribution in [0.4, 0.5) is 5.69 Å². The van der Waals surface area contributed by atoms with E-state index < -0.39 is 0 Å². The van der Waals surface area contributed by atoms with Crippen molar-refractivity contribution in [2.24, 2.45) is 5.92 Å². The lowest BCUT2D eigenvalue weighted by Crippen LogP contribution is -2.35. The van der Waals surface area contributed by atoms with E-state index in [2.05, 4.69) is 30.9 Å². The molecule has 0 N–H and O–H groups in total. The van der Waals surface area contributed by atoms with E-state index in [0.29, 0.717) is 24.7 Å². The molecule has 2 aliphatic rings. The van der Waals surface area contributed by atoms with Crippen LogP contribution in [0, 0.1) is 19.8 Å². The Morgan fingerprint density at radius 3 is 2.52 bits per heavy atom. The molecular weight excluding hydrogens is 412 g/mol. The zero-order valence-electron chi connectivity index (χ0n) is 18.9. The largest absolute Gasteiger partial charge is 0.493 e. The SMILES string of the molecule is COc1ccc(N2Cc3cc(C)cc(C)c3C2=O)cc1OCCN1CCC(C)CC1.Cl. The van der Waals surface area contributed by atoms with Crippen molar-refractivity contribution in [1.29, 1.82) is 0 Å². The van der Waals surface area contributed by atoms with Gasteiger partial charge in [-0.3, -0.25) is 9.69 Å². The monoisotopic (exact) mass is 444 g/mol. The molecule has 2 heterocycles. The number of halogens is 1. The summed E-state index contributed by atoms with van der Waals surface area (Å²) in [6.45, 7) is 10.8. The molecule has 0 atom stereocenters. The van der Waals surface area contributed by atoms with Crippen molar-refractivity contribution in [3.8, 4) is 11.5 Å². The molecule has 6 heteroatoms. The van der Waals surface area contributed by atoms with Crippen LogP contribution >= 0.6 is 12.4 Å². The van der Waals surface area contributed by atoms with Crippen molar-refractivity contribution in [3.63, 3.8) is 0 Å². The standard InChI is InChI=1S/C25H32N2O3.ClH/c1-17-7-9-26(10-8-17)11-12-30-23-15-21(5-6-22(23)29-4)27-16-20-14-18(2)13-19(3)24(20)25(27)28;/h5-6,13-15,17H,7-12,16H2,1-4H3;1H. The molecule has 2 aliphatic heterocycles. The summed E-state index contributed by atoms with van der Waals surface area (Å²) in [5.74, 6) is 2.27. The lowest BCUT2D eigenvalue weighted by molar-refractivity contribution is 0.0996. The molecule has 0 spiro atoms. The number of fused-ring (bicyclic) bond motifs is 1. The van der Waals surface area contributed by atoms with Gasteiger partial charge in [0.15, 0.2) is 11.5 Å². The van der Waals surface area contributed by atoms with Gasteiger partial charge in [0, 0.05) is 23.9 Å². The first-order valence-corrected chi connectivity index (χ1v) is 10.9. The number of ether oxygens (including phenoxy) is 2. The number of likely N-dealkylation sites (tertiary alicyclic amines) is 1. The second-order valence-corrected chi connectivity index (χ2v) is 8.72. The normalized spacial score (nSPS) is 16.8. The quantitative estimate of drug-likeness (QED) is 0.628. The van der Waals surface area contributed by atoms with Crippen molar-refractivity contribution in [2.75, 3.05) is 38.3 Å². The van der Waals surface area contributed by atoms with Gasteiger partial charge < -0.3 is 14.4 Å². The smallest absolute Gasteiger partial charge is 0.259 e. The lowest BCUT2D eigenvalue weighted by atomic mass is 9.99. The van der Waals surface area contributed by atoms with E-state index in [1.807, 2.05) is 30.0 Å². The summed E-state index contributed by atoms with van der Waals surface area (Å²) in [6.07, 6.45) is 2.52. The number of carbonyl (C=O) groups is 1. The van der Waals surface area contributed by atoms with Gasteiger partial charge in [-0.05, 0) is 69.0 Å². The summed E-state index contributed by atoms with van der Waals surface area (Å²) in [5, 5.41) is 0. The second kappa shape index (κ2) is 9.92. The number of rotatable bonds is 6. The molecule has 0 unspecified atom stereocenters. The van der Waals surface area contributed by atoms with E-state index in [1.165, 1.54) is 18.4 Å². The number of carbonyl (C=O) groups excluding carboxylic acids is 1. The summed E-state index contributed by atoms with van der Waals surface area (Å²) >= 11 is 0. The molecule has 1 amide bonds. The fraction of sp³-hybridized carbons (Fsp3) is 0.480. The van der Waals surface area contributed by atoms with E-state index in [0.717, 1.165) is 47.9 Å². The van der Waals surface area contributed by atoms with Crippen LogP contribution in [0.3, 0.4) is 0 Å². The van der Waals surface area contributed by atoms with E-state index in [1.54, 1.807) is 7.11 Å². The summed E-state index contributed by atoms with van der Waals surface area (Å²) in [7, 11) is 1.65. The van der Waals surface area contributed by atoms with Gasteiger partial charge in [-0.15, -0.1) is 12.4 Å². The summed E-state index contributed by atoms with van der Waals surface area (Å²) in [4.78, 5) is 17.4. The molecule has 2 aromatic carbocycles. The number of benzene rings is 2. The van der Waals surface area contributed by atoms with Gasteiger partial charge in [-0.1, -0.05) is 24.6 Å². The first-order valence-electron chi connectivity index (χ1n) is 10.9. The summed E-state index contributed by atoms with van der Waals surface area (Å²) in [5.41, 5.74) is 4.99. The summed E-state index contributed by atoms with van der Waals surface area (Å²) in [6, 6.07) is 9.94. The number of amides is 1. The van der Waals surface area contributed by atoms with Crippen LogP contribution < -0.4 is 14.4 Å². The molecule has 5 nitrogen and oxygen atoms in total. The van der Waals surface area contributed by atoms with Gasteiger partial charge >= 0.3 is 0 Å². The molecule has 0 aromatic heterocycles. The Bertz CT molecular complexity index is 939. The minimum Gasteiger partial charge on any atom is -0.493 e. The van der Waals surface area contributed by atoms with Crippen molar-refractivity contribution in [1.82, 2.24) is 4.90 Å². The molecule has 0 radical (unpaired) electrons. The highest BCUT2D eigenvalue weighted by molar-refractivity contribution is 6.11. The molecule has 31 heavy (non-hydrogen) atoms. The van der Waals surface area contributed by atoms with Gasteiger partial charge in [-0.2, -0.15) is 0 Å². The maximum atomic E-state index is 13.1. The zero-order chi connectivity index (χ0) is 21.3. The fourth-order valence-electron chi connectivity index (χ4n) is 4.59. The Morgan fingerprint density at radius 2 is 1.81 bits per heavy atom. The maximum absolute atomic E-state index is 13.1. The highest BCUT2D eigenvalue weighted by Gasteiger charge is 2.30. The predicted molar refractivity (Wildman–Crippen MR) is 127 cm³/mol. The van der Waals surface area contributed by atoms with Crippen LogP contribution in [0.15, 0.2) is 30.3 Å². The number of hydrogen-bond acceptors (Lipinski definition) is 4. The molecule has 0 bridgehead atoms. The van der Waals surface area contributed by atoms with Crippen molar-refractivity contribution in [2.45, 2.75) is 40.2 Å². The number of anilines is 1. The molecule has 4 rings (SSSR count). The molecule has 0 saturated carbocycles. The predicted octanol–water partition coefficient (Wildman–Crippen LogP) is 5.00. The van der Waals surface area contributed by atoms with Crippen LogP contribution in [-0.4, -0.2) is 44.2 Å². The van der Waals surface area contributed by atoms with E-state index >= 15 is 0 Å². The van der Waals surface area contributed by atoms with E-state index in [4.69, 9.17) is 9.47 Å². The number of nitrogens with zero attached hydrogens (tertiary/aromatic N) is 2. The number of piperidine rings is 1. The van der Waals surface area contributed by atoms with Crippen molar-refractivity contribution in [3.05, 3.63) is 52.6 Å². The third-order valence-electron chi connectivity index (χ3n) is 6.35. The number of aryl methyl sites for hydroxylation is 2. The topological polar surface area (TPSA) is 42.0 Å². The van der Waals surface area contributed by atoms with E-state index in [9.17, 15) is 4.79 Å². The van der Waals surface area contributed by atoms with Crippen LogP contribution in [-0.2, 0) is 6.54 Å². The Labute approximate surface area is 191 Å². The number of hydrogen-bond donors (Lipinski definition) is 0.